The van der Waals surface area contributed by atoms with Gasteiger partial charge in [-0.2, -0.15) is 0 Å². The minimum absolute atomic E-state index is 0.0527. The number of nitrogens with two attached hydrogens (primary N) is 1. The number of ether oxygens (including phenoxy) is 1. The summed E-state index contributed by atoms with van der Waals surface area (Å²) in [6, 6.07) is 3.19. The molecule has 0 bridgehead atoms. The molecule has 11 nitrogen and oxygen atoms in total. The molecule has 11 heteroatoms. The number of Topliss-reactive ketones (excluding diaryl/α,β-unsaturated/α-hetero) is 1. The minimum atomic E-state index is -1.33. The molecular weight excluding hydrogens is 438 g/mol. The van der Waals surface area contributed by atoms with Crippen LogP contribution in [-0.2, 0) is 16.0 Å². The fourth-order valence-corrected chi connectivity index (χ4v) is 3.54. The van der Waals surface area contributed by atoms with Crippen LogP contribution >= 0.6 is 0 Å². The zero-order chi connectivity index (χ0) is 24.0. The Morgan fingerprint density at radius 2 is 1.70 bits per heavy atom. The second-order valence-corrected chi connectivity index (χ2v) is 7.16. The van der Waals surface area contributed by atoms with E-state index >= 15 is 0 Å². The van der Waals surface area contributed by atoms with E-state index < -0.39 is 63.6 Å². The lowest BCUT2D eigenvalue weighted by Gasteiger charge is -2.17. The van der Waals surface area contributed by atoms with E-state index in [-0.39, 0.29) is 28.7 Å². The molecule has 33 heavy (non-hydrogen) atoms. The predicted octanol–water partition coefficient (Wildman–Crippen LogP) is 1.08. The maximum Gasteiger partial charge on any atom is 0.343 e. The Labute approximate surface area is 183 Å². The fourth-order valence-electron chi connectivity index (χ4n) is 3.54. The van der Waals surface area contributed by atoms with Crippen molar-refractivity contribution in [2.24, 2.45) is 5.73 Å². The smallest absolute Gasteiger partial charge is 0.343 e. The highest BCUT2D eigenvalue weighted by Crippen LogP contribution is 2.37. The Morgan fingerprint density at radius 1 is 1.00 bits per heavy atom. The van der Waals surface area contributed by atoms with Gasteiger partial charge in [-0.25, -0.2) is 4.79 Å². The quantitative estimate of drug-likeness (QED) is 0.281. The summed E-state index contributed by atoms with van der Waals surface area (Å²) >= 11 is 0. The minimum Gasteiger partial charge on any atom is -0.504 e. The van der Waals surface area contributed by atoms with Gasteiger partial charge in [-0.3, -0.25) is 14.4 Å². The Balaban J connectivity index is 1.90. The second-order valence-electron chi connectivity index (χ2n) is 7.16. The zero-order valence-electron chi connectivity index (χ0n) is 16.6. The van der Waals surface area contributed by atoms with Gasteiger partial charge in [0.1, 0.15) is 17.4 Å². The maximum atomic E-state index is 13.3. The summed E-state index contributed by atoms with van der Waals surface area (Å²) in [6.45, 7) is -0.850. The molecule has 0 spiro atoms. The Kier molecular flexibility index (Phi) is 5.01. The van der Waals surface area contributed by atoms with Gasteiger partial charge in [-0.05, 0) is 24.1 Å². The lowest BCUT2D eigenvalue weighted by atomic mass is 9.86. The third-order valence-electron chi connectivity index (χ3n) is 5.07. The molecule has 0 saturated carbocycles. The number of allylic oxidation sites excluding steroid dienone is 2. The van der Waals surface area contributed by atoms with E-state index in [0.717, 1.165) is 18.4 Å². The average molecular weight is 453 g/mol. The van der Waals surface area contributed by atoms with Crippen molar-refractivity contribution in [2.45, 2.75) is 6.42 Å². The van der Waals surface area contributed by atoms with Crippen LogP contribution in [-0.4, -0.2) is 44.7 Å². The average Bonchev–Trinajstić information content (AvgIpc) is 2.76. The molecule has 1 aliphatic carbocycles. The van der Waals surface area contributed by atoms with E-state index in [1.807, 2.05) is 0 Å². The Morgan fingerprint density at radius 3 is 2.39 bits per heavy atom. The fraction of sp³-hybridized carbons (Fsp3) is 0.0909. The number of phenols is 4. The van der Waals surface area contributed by atoms with Crippen molar-refractivity contribution in [1.82, 2.24) is 0 Å². The summed E-state index contributed by atoms with van der Waals surface area (Å²) in [4.78, 5) is 49.7. The first-order chi connectivity index (χ1) is 15.6. The molecule has 1 aliphatic rings. The summed E-state index contributed by atoms with van der Waals surface area (Å²) < 4.78 is 10.0. The molecular formula is C22H15NO10. The molecule has 1 heterocycles. The first-order valence-electron chi connectivity index (χ1n) is 9.36. The third-order valence-corrected chi connectivity index (χ3v) is 5.07. The number of primary amides is 1. The molecule has 0 saturated heterocycles. The number of amides is 1. The van der Waals surface area contributed by atoms with Gasteiger partial charge in [-0.15, -0.1) is 0 Å². The van der Waals surface area contributed by atoms with Gasteiger partial charge in [0.2, 0.25) is 5.43 Å². The number of aromatic hydroxyl groups is 4. The van der Waals surface area contributed by atoms with E-state index in [4.69, 9.17) is 10.2 Å². The molecule has 0 fully saturated rings. The van der Waals surface area contributed by atoms with Crippen LogP contribution in [0.1, 0.15) is 31.8 Å². The van der Waals surface area contributed by atoms with Crippen molar-refractivity contribution in [3.05, 3.63) is 63.0 Å². The summed E-state index contributed by atoms with van der Waals surface area (Å²) in [5.41, 5.74) is 3.08. The van der Waals surface area contributed by atoms with E-state index in [0.29, 0.717) is 5.56 Å². The third kappa shape index (κ3) is 3.51. The summed E-state index contributed by atoms with van der Waals surface area (Å²) in [7, 11) is 0. The number of rotatable bonds is 4. The number of esters is 1. The molecule has 1 amide bonds. The van der Waals surface area contributed by atoms with E-state index in [9.17, 15) is 39.6 Å². The monoisotopic (exact) mass is 453 g/mol. The highest BCUT2D eigenvalue weighted by molar-refractivity contribution is 6.30. The second kappa shape index (κ2) is 7.71. The van der Waals surface area contributed by atoms with Crippen LogP contribution in [0.25, 0.3) is 16.5 Å². The molecule has 0 atom stereocenters. The molecule has 6 N–H and O–H groups in total. The van der Waals surface area contributed by atoms with E-state index in [1.54, 1.807) is 0 Å². The van der Waals surface area contributed by atoms with Gasteiger partial charge in [0, 0.05) is 17.2 Å². The van der Waals surface area contributed by atoms with Crippen molar-refractivity contribution in [3.8, 4) is 23.0 Å². The molecule has 3 aromatic rings. The topological polar surface area (TPSA) is 198 Å². The van der Waals surface area contributed by atoms with Crippen molar-refractivity contribution >= 4 is 34.2 Å². The standard InChI is InChI=1S/C22H15NO10/c23-16(27)7-33-22(31)18-17-15(5-14(26)21(18)30)32-6-11(20(17)29)9-2-1-8-3-12(24)13(25)4-10(8)19(9)28/h2-6,24-26,30H,1,7H2,(H2,23,27). The van der Waals surface area contributed by atoms with Crippen molar-refractivity contribution < 1.29 is 44.0 Å². The summed E-state index contributed by atoms with van der Waals surface area (Å²) in [6.07, 6.45) is 2.50. The molecule has 1 aromatic heterocycles. The van der Waals surface area contributed by atoms with E-state index in [1.165, 1.54) is 12.1 Å². The highest BCUT2D eigenvalue weighted by atomic mass is 16.5. The Hall–Kier alpha value is -4.80. The number of phenolic OH excluding ortho intramolecular Hbond substituents is 4. The van der Waals surface area contributed by atoms with Gasteiger partial charge in [-0.1, -0.05) is 6.08 Å². The van der Waals surface area contributed by atoms with Gasteiger partial charge in [0.25, 0.3) is 5.91 Å². The molecule has 2 aromatic carbocycles. The van der Waals surface area contributed by atoms with Gasteiger partial charge in [0.15, 0.2) is 35.4 Å². The summed E-state index contributed by atoms with van der Waals surface area (Å²) in [5.74, 6) is -5.68. The van der Waals surface area contributed by atoms with Crippen LogP contribution < -0.4 is 11.2 Å². The number of carbonyl (C=O) groups excluding carboxylic acids is 3. The SMILES string of the molecule is NC(=O)COC(=O)c1c(O)c(O)cc2occ(C3=CCc4cc(O)c(O)cc4C3=O)c(=O)c12. The van der Waals surface area contributed by atoms with Crippen molar-refractivity contribution in [2.75, 3.05) is 6.61 Å². The first kappa shape index (κ1) is 21.4. The van der Waals surface area contributed by atoms with Crippen LogP contribution in [0.5, 0.6) is 23.0 Å². The van der Waals surface area contributed by atoms with Gasteiger partial charge in [0.05, 0.1) is 10.9 Å². The van der Waals surface area contributed by atoms with Crippen LogP contribution in [0.15, 0.2) is 39.7 Å². The number of ketones is 1. The van der Waals surface area contributed by atoms with Crippen LogP contribution in [0.4, 0.5) is 0 Å². The van der Waals surface area contributed by atoms with Crippen molar-refractivity contribution in [1.29, 1.82) is 0 Å². The lowest BCUT2D eigenvalue weighted by molar-refractivity contribution is -0.121. The van der Waals surface area contributed by atoms with Crippen molar-refractivity contribution in [3.63, 3.8) is 0 Å². The number of hydrogen-bond donors (Lipinski definition) is 5. The van der Waals surface area contributed by atoms with E-state index in [2.05, 4.69) is 4.74 Å². The zero-order valence-corrected chi connectivity index (χ0v) is 16.6. The predicted molar refractivity (Wildman–Crippen MR) is 111 cm³/mol. The number of hydrogen-bond acceptors (Lipinski definition) is 10. The first-order valence-corrected chi connectivity index (χ1v) is 9.36. The number of benzene rings is 2. The van der Waals surface area contributed by atoms with Crippen LogP contribution in [0, 0.1) is 0 Å². The van der Waals surface area contributed by atoms with Crippen LogP contribution in [0.2, 0.25) is 0 Å². The number of fused-ring (bicyclic) bond motifs is 2. The highest BCUT2D eigenvalue weighted by Gasteiger charge is 2.29. The molecule has 0 aliphatic heterocycles. The molecule has 0 radical (unpaired) electrons. The normalized spacial score (nSPS) is 12.8. The van der Waals surface area contributed by atoms with Gasteiger partial charge >= 0.3 is 5.97 Å². The van der Waals surface area contributed by atoms with Crippen LogP contribution in [0.3, 0.4) is 0 Å². The molecule has 4 rings (SSSR count). The maximum absolute atomic E-state index is 13.3. The Bertz CT molecular complexity index is 1460. The summed E-state index contributed by atoms with van der Waals surface area (Å²) in [5, 5.41) is 39.0. The van der Waals surface area contributed by atoms with Gasteiger partial charge < -0.3 is 35.3 Å². The molecule has 0 unspecified atom stereocenters. The lowest BCUT2D eigenvalue weighted by Crippen LogP contribution is -2.22. The largest absolute Gasteiger partial charge is 0.504 e. The number of carbonyl (C=O) groups is 3. The molecule has 168 valence electrons.